The van der Waals surface area contributed by atoms with Crippen LogP contribution in [-0.4, -0.2) is 38.8 Å². The highest BCUT2D eigenvalue weighted by Gasteiger charge is 2.37. The summed E-state index contributed by atoms with van der Waals surface area (Å²) in [6.07, 6.45) is -3.98. The molecule has 1 amide bonds. The summed E-state index contributed by atoms with van der Waals surface area (Å²) in [5.74, 6) is -1.32. The van der Waals surface area contributed by atoms with Crippen LogP contribution in [0.15, 0.2) is 41.3 Å². The van der Waals surface area contributed by atoms with E-state index in [9.17, 15) is 26.4 Å². The number of alkyl halides is 3. The van der Waals surface area contributed by atoms with Gasteiger partial charge < -0.3 is 10.1 Å². The third-order valence-corrected chi connectivity index (χ3v) is 7.36. The Labute approximate surface area is 189 Å². The Morgan fingerprint density at radius 2 is 1.94 bits per heavy atom. The first-order valence-corrected chi connectivity index (χ1v) is 11.6. The zero-order valence-corrected chi connectivity index (χ0v) is 18.9. The molecule has 0 aliphatic carbocycles. The standard InChI is InChI=1S/C21H22ClF3N2O4S/c1-13-5-8-18(31-2)19(10-13)32(29,30)27-9-3-4-14(12-27)20(28)26-17-7-6-15(22)11-16(17)21(23,24)25/h5-8,10-11,14H,3-4,9,12H2,1-2H3,(H,26,28)/t14-/m1/s1. The smallest absolute Gasteiger partial charge is 0.418 e. The lowest BCUT2D eigenvalue weighted by atomic mass is 9.98. The molecule has 1 fully saturated rings. The number of anilines is 1. The molecule has 1 atom stereocenters. The van der Waals surface area contributed by atoms with Crippen LogP contribution in [-0.2, 0) is 21.0 Å². The van der Waals surface area contributed by atoms with Gasteiger partial charge in [-0.2, -0.15) is 17.5 Å². The molecule has 1 aliphatic rings. The number of hydrogen-bond acceptors (Lipinski definition) is 4. The summed E-state index contributed by atoms with van der Waals surface area (Å²) in [6.45, 7) is 1.79. The van der Waals surface area contributed by atoms with E-state index in [4.69, 9.17) is 16.3 Å². The summed E-state index contributed by atoms with van der Waals surface area (Å²) in [4.78, 5) is 12.7. The van der Waals surface area contributed by atoms with E-state index in [1.54, 1.807) is 19.1 Å². The van der Waals surface area contributed by atoms with Gasteiger partial charge in [0.15, 0.2) is 0 Å². The summed E-state index contributed by atoms with van der Waals surface area (Å²) >= 11 is 5.68. The second kappa shape index (κ2) is 9.29. The van der Waals surface area contributed by atoms with Gasteiger partial charge in [0.2, 0.25) is 15.9 Å². The number of nitrogens with zero attached hydrogens (tertiary/aromatic N) is 1. The van der Waals surface area contributed by atoms with Crippen LogP contribution in [0.4, 0.5) is 18.9 Å². The fourth-order valence-electron chi connectivity index (χ4n) is 3.59. The maximum Gasteiger partial charge on any atom is 0.418 e. The Hall–Kier alpha value is -2.30. The van der Waals surface area contributed by atoms with Crippen LogP contribution in [0.1, 0.15) is 24.0 Å². The van der Waals surface area contributed by atoms with Crippen molar-refractivity contribution in [1.29, 1.82) is 0 Å². The number of methoxy groups -OCH3 is 1. The number of ether oxygens (including phenoxy) is 1. The third-order valence-electron chi connectivity index (χ3n) is 5.24. The van der Waals surface area contributed by atoms with Crippen molar-refractivity contribution < 1.29 is 31.1 Å². The Bertz CT molecular complexity index is 1120. The van der Waals surface area contributed by atoms with Gasteiger partial charge in [-0.15, -0.1) is 0 Å². The topological polar surface area (TPSA) is 75.7 Å². The molecule has 0 unspecified atom stereocenters. The highest BCUT2D eigenvalue weighted by atomic mass is 35.5. The molecule has 1 heterocycles. The summed E-state index contributed by atoms with van der Waals surface area (Å²) in [6, 6.07) is 7.82. The number of rotatable bonds is 5. The fourth-order valence-corrected chi connectivity index (χ4v) is 5.53. The molecule has 2 aromatic carbocycles. The highest BCUT2D eigenvalue weighted by Crippen LogP contribution is 2.37. The van der Waals surface area contributed by atoms with Crippen molar-refractivity contribution in [3.8, 4) is 5.75 Å². The number of amides is 1. The predicted molar refractivity (Wildman–Crippen MR) is 114 cm³/mol. The number of sulfonamides is 1. The van der Waals surface area contributed by atoms with Crippen molar-refractivity contribution >= 4 is 33.2 Å². The van der Waals surface area contributed by atoms with Gasteiger partial charge in [0, 0.05) is 18.1 Å². The minimum Gasteiger partial charge on any atom is -0.495 e. The minimum absolute atomic E-state index is 0.0156. The Balaban J connectivity index is 1.83. The molecule has 1 aliphatic heterocycles. The molecule has 6 nitrogen and oxygen atoms in total. The SMILES string of the molecule is COc1ccc(C)cc1S(=O)(=O)N1CCC[C@@H](C(=O)Nc2ccc(Cl)cc2C(F)(F)F)C1. The second-order valence-corrected chi connectivity index (χ2v) is 9.88. The van der Waals surface area contributed by atoms with Crippen molar-refractivity contribution in [3.63, 3.8) is 0 Å². The summed E-state index contributed by atoms with van der Waals surface area (Å²) < 4.78 is 72.8. The molecule has 2 aromatic rings. The molecule has 0 aromatic heterocycles. The van der Waals surface area contributed by atoms with E-state index in [1.165, 1.54) is 23.5 Å². The van der Waals surface area contributed by atoms with E-state index in [-0.39, 0.29) is 28.8 Å². The van der Waals surface area contributed by atoms with Crippen molar-refractivity contribution in [2.75, 3.05) is 25.5 Å². The first-order valence-electron chi connectivity index (χ1n) is 9.76. The quantitative estimate of drug-likeness (QED) is 0.658. The van der Waals surface area contributed by atoms with E-state index in [1.807, 2.05) is 0 Å². The van der Waals surface area contributed by atoms with Gasteiger partial charge in [-0.1, -0.05) is 17.7 Å². The average Bonchev–Trinajstić information content (AvgIpc) is 2.74. The van der Waals surface area contributed by atoms with Crippen LogP contribution in [0.3, 0.4) is 0 Å². The van der Waals surface area contributed by atoms with Crippen molar-refractivity contribution in [2.24, 2.45) is 5.92 Å². The number of piperidine rings is 1. The number of aryl methyl sites for hydroxylation is 1. The number of carbonyl (C=O) groups is 1. The maximum atomic E-state index is 13.3. The van der Waals surface area contributed by atoms with E-state index < -0.39 is 39.3 Å². The Morgan fingerprint density at radius 3 is 2.59 bits per heavy atom. The number of carbonyl (C=O) groups excluding carboxylic acids is 1. The van der Waals surface area contributed by atoms with Crippen LogP contribution in [0.2, 0.25) is 5.02 Å². The Morgan fingerprint density at radius 1 is 1.22 bits per heavy atom. The molecule has 174 valence electrons. The lowest BCUT2D eigenvalue weighted by Crippen LogP contribution is -2.43. The van der Waals surface area contributed by atoms with Gasteiger partial charge in [-0.25, -0.2) is 8.42 Å². The average molecular weight is 491 g/mol. The molecule has 32 heavy (non-hydrogen) atoms. The minimum atomic E-state index is -4.71. The summed E-state index contributed by atoms with van der Waals surface area (Å²) in [5.41, 5.74) is -0.770. The normalized spacial score (nSPS) is 17.8. The van der Waals surface area contributed by atoms with E-state index in [0.717, 1.165) is 17.7 Å². The molecular formula is C21H22ClF3N2O4S. The molecular weight excluding hydrogens is 469 g/mol. The molecule has 1 N–H and O–H groups in total. The van der Waals surface area contributed by atoms with Crippen LogP contribution >= 0.6 is 11.6 Å². The second-order valence-electron chi connectivity index (χ2n) is 7.53. The molecule has 3 rings (SSSR count). The zero-order valence-electron chi connectivity index (χ0n) is 17.4. The van der Waals surface area contributed by atoms with Gasteiger partial charge in [0.1, 0.15) is 10.6 Å². The monoisotopic (exact) mass is 490 g/mol. The first kappa shape index (κ1) is 24.3. The van der Waals surface area contributed by atoms with E-state index in [0.29, 0.717) is 12.8 Å². The molecule has 0 spiro atoms. The lowest BCUT2D eigenvalue weighted by Gasteiger charge is -2.31. The van der Waals surface area contributed by atoms with Crippen molar-refractivity contribution in [3.05, 3.63) is 52.5 Å². The van der Waals surface area contributed by atoms with Crippen molar-refractivity contribution in [2.45, 2.75) is 30.8 Å². The number of hydrogen-bond donors (Lipinski definition) is 1. The molecule has 0 saturated carbocycles. The lowest BCUT2D eigenvalue weighted by molar-refractivity contribution is -0.137. The number of nitrogens with one attached hydrogen (secondary N) is 1. The largest absolute Gasteiger partial charge is 0.495 e. The van der Waals surface area contributed by atoms with Crippen LogP contribution in [0.5, 0.6) is 5.75 Å². The summed E-state index contributed by atoms with van der Waals surface area (Å²) in [5, 5.41) is 2.18. The zero-order chi connectivity index (χ0) is 23.7. The third kappa shape index (κ3) is 5.19. The maximum absolute atomic E-state index is 13.3. The predicted octanol–water partition coefficient (Wildman–Crippen LogP) is 4.72. The van der Waals surface area contributed by atoms with E-state index >= 15 is 0 Å². The number of benzene rings is 2. The Kier molecular flexibility index (Phi) is 7.06. The molecule has 0 bridgehead atoms. The van der Waals surface area contributed by atoms with E-state index in [2.05, 4.69) is 5.32 Å². The van der Waals surface area contributed by atoms with Crippen LogP contribution in [0.25, 0.3) is 0 Å². The first-order chi connectivity index (χ1) is 14.9. The van der Waals surface area contributed by atoms with Gasteiger partial charge in [-0.05, 0) is 55.7 Å². The van der Waals surface area contributed by atoms with Crippen LogP contribution < -0.4 is 10.1 Å². The summed E-state index contributed by atoms with van der Waals surface area (Å²) in [7, 11) is -2.61. The van der Waals surface area contributed by atoms with Gasteiger partial charge >= 0.3 is 6.18 Å². The van der Waals surface area contributed by atoms with Gasteiger partial charge in [0.05, 0.1) is 24.3 Å². The van der Waals surface area contributed by atoms with Crippen molar-refractivity contribution in [1.82, 2.24) is 4.31 Å². The molecule has 0 radical (unpaired) electrons. The van der Waals surface area contributed by atoms with Gasteiger partial charge in [-0.3, -0.25) is 4.79 Å². The molecule has 11 heteroatoms. The van der Waals surface area contributed by atoms with Crippen LogP contribution in [0, 0.1) is 12.8 Å². The number of halogens is 4. The fraction of sp³-hybridized carbons (Fsp3) is 0.381. The highest BCUT2D eigenvalue weighted by molar-refractivity contribution is 7.89. The molecule has 1 saturated heterocycles. The van der Waals surface area contributed by atoms with Gasteiger partial charge in [0.25, 0.3) is 0 Å².